The van der Waals surface area contributed by atoms with Crippen molar-refractivity contribution >= 4 is 22.7 Å². The molecule has 8 heteroatoms. The van der Waals surface area contributed by atoms with Crippen molar-refractivity contribution in [2.45, 2.75) is 70.8 Å². The average Bonchev–Trinajstić information content (AvgIpc) is 2.53. The molecule has 1 aromatic rings. The van der Waals surface area contributed by atoms with Crippen molar-refractivity contribution in [3.05, 3.63) is 35.1 Å². The molecule has 0 amide bonds. The molecular formula is C20H30FNO5S. The smallest absolute Gasteiger partial charge is 0.302 e. The second kappa shape index (κ2) is 9.71. The van der Waals surface area contributed by atoms with E-state index in [9.17, 15) is 23.3 Å². The van der Waals surface area contributed by atoms with E-state index in [1.165, 1.54) is 26.0 Å². The number of rotatable bonds is 9. The van der Waals surface area contributed by atoms with Crippen LogP contribution < -0.4 is 4.72 Å². The number of aliphatic hydroxyl groups is 1. The molecule has 0 heterocycles. The Morgan fingerprint density at radius 3 is 2.36 bits per heavy atom. The highest BCUT2D eigenvalue weighted by atomic mass is 32.2. The summed E-state index contributed by atoms with van der Waals surface area (Å²) < 4.78 is 34.6. The van der Waals surface area contributed by atoms with Crippen LogP contribution in [-0.4, -0.2) is 38.5 Å². The average molecular weight is 416 g/mol. The van der Waals surface area contributed by atoms with Crippen molar-refractivity contribution in [2.75, 3.05) is 6.61 Å². The number of hydrogen-bond acceptors (Lipinski definition) is 5. The molecule has 0 aliphatic carbocycles. The summed E-state index contributed by atoms with van der Waals surface area (Å²) in [6, 6.07) is 4.32. The predicted molar refractivity (Wildman–Crippen MR) is 106 cm³/mol. The Morgan fingerprint density at radius 2 is 1.86 bits per heavy atom. The number of carbonyl (C=O) groups excluding carboxylic acids is 2. The zero-order valence-electron chi connectivity index (χ0n) is 17.3. The summed E-state index contributed by atoms with van der Waals surface area (Å²) in [6.45, 7) is 9.35. The minimum absolute atomic E-state index is 0.0530. The SMILES string of the molecule is CC(=O)Cc1ccc(F)c([C@](C)(CC(O)COC(C)=O)N[S@](=O)C(C)(C)C)c1. The second-order valence-corrected chi connectivity index (χ2v) is 10.1. The number of ketones is 1. The van der Waals surface area contributed by atoms with Gasteiger partial charge < -0.3 is 9.84 Å². The Labute approximate surface area is 168 Å². The molecule has 158 valence electrons. The van der Waals surface area contributed by atoms with Gasteiger partial charge in [0.2, 0.25) is 0 Å². The van der Waals surface area contributed by atoms with Gasteiger partial charge in [0.25, 0.3) is 0 Å². The molecule has 28 heavy (non-hydrogen) atoms. The number of Topliss-reactive ketones (excluding diaryl/α,β-unsaturated/α-hetero) is 1. The van der Waals surface area contributed by atoms with Crippen LogP contribution in [0.2, 0.25) is 0 Å². The fourth-order valence-electron chi connectivity index (χ4n) is 2.70. The van der Waals surface area contributed by atoms with Gasteiger partial charge in [-0.15, -0.1) is 0 Å². The lowest BCUT2D eigenvalue weighted by Gasteiger charge is -2.35. The van der Waals surface area contributed by atoms with Crippen molar-refractivity contribution in [1.29, 1.82) is 0 Å². The molecule has 0 bridgehead atoms. The molecule has 1 unspecified atom stereocenters. The Hall–Kier alpha value is -1.64. The summed E-state index contributed by atoms with van der Waals surface area (Å²) in [7, 11) is -1.56. The maximum atomic E-state index is 14.7. The van der Waals surface area contributed by atoms with Crippen LogP contribution in [0.4, 0.5) is 4.39 Å². The summed E-state index contributed by atoms with van der Waals surface area (Å²) >= 11 is 0. The van der Waals surface area contributed by atoms with Crippen molar-refractivity contribution in [3.8, 4) is 0 Å². The first-order chi connectivity index (χ1) is 12.7. The van der Waals surface area contributed by atoms with Gasteiger partial charge in [-0.25, -0.2) is 13.3 Å². The van der Waals surface area contributed by atoms with E-state index < -0.39 is 39.2 Å². The molecule has 0 aliphatic heterocycles. The Kier molecular flexibility index (Phi) is 8.46. The normalized spacial score (nSPS) is 16.1. The zero-order chi connectivity index (χ0) is 21.7. The fourth-order valence-corrected chi connectivity index (χ4v) is 3.61. The summed E-state index contributed by atoms with van der Waals surface area (Å²) in [5, 5.41) is 10.3. The van der Waals surface area contributed by atoms with Gasteiger partial charge in [-0.2, -0.15) is 0 Å². The van der Waals surface area contributed by atoms with Crippen molar-refractivity contribution in [2.24, 2.45) is 0 Å². The van der Waals surface area contributed by atoms with E-state index in [4.69, 9.17) is 4.74 Å². The molecule has 6 nitrogen and oxygen atoms in total. The summed E-state index contributed by atoms with van der Waals surface area (Å²) in [6.07, 6.45) is -1.01. The number of ether oxygens (including phenoxy) is 1. The van der Waals surface area contributed by atoms with E-state index >= 15 is 0 Å². The van der Waals surface area contributed by atoms with Crippen LogP contribution in [0.25, 0.3) is 0 Å². The molecule has 0 radical (unpaired) electrons. The monoisotopic (exact) mass is 415 g/mol. The molecule has 0 aromatic heterocycles. The van der Waals surface area contributed by atoms with E-state index in [1.807, 2.05) is 0 Å². The van der Waals surface area contributed by atoms with Crippen LogP contribution >= 0.6 is 0 Å². The van der Waals surface area contributed by atoms with Gasteiger partial charge in [-0.05, 0) is 52.7 Å². The highest BCUT2D eigenvalue weighted by Crippen LogP contribution is 2.31. The number of esters is 1. The van der Waals surface area contributed by atoms with E-state index in [1.54, 1.807) is 33.8 Å². The number of benzene rings is 1. The molecule has 0 saturated carbocycles. The lowest BCUT2D eigenvalue weighted by Crippen LogP contribution is -2.49. The van der Waals surface area contributed by atoms with Crippen LogP contribution in [-0.2, 0) is 37.3 Å². The molecular weight excluding hydrogens is 385 g/mol. The topological polar surface area (TPSA) is 92.7 Å². The fraction of sp³-hybridized carbons (Fsp3) is 0.600. The second-order valence-electron chi connectivity index (χ2n) is 8.17. The van der Waals surface area contributed by atoms with Crippen molar-refractivity contribution < 1.29 is 28.0 Å². The van der Waals surface area contributed by atoms with E-state index in [0.717, 1.165) is 0 Å². The van der Waals surface area contributed by atoms with Gasteiger partial charge in [0, 0.05) is 18.9 Å². The molecule has 0 fully saturated rings. The van der Waals surface area contributed by atoms with Gasteiger partial charge in [0.15, 0.2) is 0 Å². The molecule has 1 rings (SSSR count). The highest BCUT2D eigenvalue weighted by molar-refractivity contribution is 7.84. The first-order valence-corrected chi connectivity index (χ1v) is 10.2. The minimum atomic E-state index is -1.56. The Bertz CT molecular complexity index is 747. The number of hydrogen-bond donors (Lipinski definition) is 2. The van der Waals surface area contributed by atoms with E-state index in [-0.39, 0.29) is 30.8 Å². The van der Waals surface area contributed by atoms with Crippen LogP contribution in [0, 0.1) is 5.82 Å². The van der Waals surface area contributed by atoms with E-state index in [2.05, 4.69) is 4.72 Å². The number of nitrogens with one attached hydrogen (secondary N) is 1. The van der Waals surface area contributed by atoms with Crippen LogP contribution in [0.3, 0.4) is 0 Å². The lowest BCUT2D eigenvalue weighted by molar-refractivity contribution is -0.144. The third-order valence-electron chi connectivity index (χ3n) is 4.08. The number of halogens is 1. The van der Waals surface area contributed by atoms with Crippen LogP contribution in [0.15, 0.2) is 18.2 Å². The summed E-state index contributed by atoms with van der Waals surface area (Å²) in [5.74, 6) is -1.16. The third kappa shape index (κ3) is 7.41. The van der Waals surface area contributed by atoms with Crippen molar-refractivity contribution in [3.63, 3.8) is 0 Å². The standard InChI is InChI=1S/C20H30FNO5S/c1-13(23)9-15-7-8-18(21)17(10-15)20(6,22-28(26)19(3,4)5)11-16(25)12-27-14(2)24/h7-8,10,16,22,25H,9,11-12H2,1-6H3/t16?,20-,28+/m0/s1. The first kappa shape index (κ1) is 24.4. The van der Waals surface area contributed by atoms with Gasteiger partial charge in [0.05, 0.1) is 27.4 Å². The number of aliphatic hydroxyl groups excluding tert-OH is 1. The predicted octanol–water partition coefficient (Wildman–Crippen LogP) is 2.54. The molecule has 0 spiro atoms. The van der Waals surface area contributed by atoms with Gasteiger partial charge >= 0.3 is 5.97 Å². The minimum Gasteiger partial charge on any atom is -0.463 e. The summed E-state index contributed by atoms with van der Waals surface area (Å²) in [4.78, 5) is 22.5. The Morgan fingerprint density at radius 1 is 1.25 bits per heavy atom. The third-order valence-corrected chi connectivity index (χ3v) is 5.82. The van der Waals surface area contributed by atoms with Gasteiger partial charge in [0.1, 0.15) is 18.2 Å². The first-order valence-electron chi connectivity index (χ1n) is 9.04. The lowest BCUT2D eigenvalue weighted by atomic mass is 9.85. The van der Waals surface area contributed by atoms with Gasteiger partial charge in [-0.1, -0.05) is 12.1 Å². The van der Waals surface area contributed by atoms with E-state index in [0.29, 0.717) is 5.56 Å². The maximum Gasteiger partial charge on any atom is 0.302 e. The molecule has 2 N–H and O–H groups in total. The molecule has 3 atom stereocenters. The summed E-state index contributed by atoms with van der Waals surface area (Å²) in [5.41, 5.74) is -0.423. The van der Waals surface area contributed by atoms with Gasteiger partial charge in [-0.3, -0.25) is 9.59 Å². The maximum absolute atomic E-state index is 14.7. The quantitative estimate of drug-likeness (QED) is 0.605. The molecule has 0 aliphatic rings. The molecule has 0 saturated heterocycles. The van der Waals surface area contributed by atoms with Crippen LogP contribution in [0.1, 0.15) is 59.1 Å². The van der Waals surface area contributed by atoms with Crippen LogP contribution in [0.5, 0.6) is 0 Å². The Balaban J connectivity index is 3.31. The zero-order valence-corrected chi connectivity index (χ0v) is 18.1. The largest absolute Gasteiger partial charge is 0.463 e. The highest BCUT2D eigenvalue weighted by Gasteiger charge is 2.36. The van der Waals surface area contributed by atoms with Crippen molar-refractivity contribution in [1.82, 2.24) is 4.72 Å². The number of carbonyl (C=O) groups is 2. The molecule has 1 aromatic carbocycles.